The standard InChI is InChI=1S/C20H17NO2/c1-15-10-12-18(13-11-15)22-14-6-9-19-16(2)23-20(21-19)17-7-4-3-5-8-17/h3-5,7-8,10-13H,14H2,1-2H3. The van der Waals surface area contributed by atoms with E-state index in [1.54, 1.807) is 0 Å². The molecule has 3 nitrogen and oxygen atoms in total. The Balaban J connectivity index is 1.67. The Morgan fingerprint density at radius 1 is 1.00 bits per heavy atom. The quantitative estimate of drug-likeness (QED) is 0.673. The van der Waals surface area contributed by atoms with E-state index in [4.69, 9.17) is 9.15 Å². The average molecular weight is 303 g/mol. The number of rotatable bonds is 3. The highest BCUT2D eigenvalue weighted by atomic mass is 16.5. The van der Waals surface area contributed by atoms with Gasteiger partial charge in [0.25, 0.3) is 0 Å². The van der Waals surface area contributed by atoms with E-state index in [0.29, 0.717) is 24.0 Å². The summed E-state index contributed by atoms with van der Waals surface area (Å²) in [4.78, 5) is 4.44. The molecule has 23 heavy (non-hydrogen) atoms. The van der Waals surface area contributed by atoms with Crippen LogP contribution >= 0.6 is 0 Å². The van der Waals surface area contributed by atoms with Crippen molar-refractivity contribution in [2.24, 2.45) is 0 Å². The molecular formula is C20H17NO2. The van der Waals surface area contributed by atoms with Crippen LogP contribution in [0.4, 0.5) is 0 Å². The molecule has 3 aromatic rings. The molecule has 0 saturated carbocycles. The van der Waals surface area contributed by atoms with Crippen molar-refractivity contribution in [2.75, 3.05) is 6.61 Å². The Labute approximate surface area is 135 Å². The molecule has 0 N–H and O–H groups in total. The summed E-state index contributed by atoms with van der Waals surface area (Å²) in [5.41, 5.74) is 2.80. The van der Waals surface area contributed by atoms with E-state index in [1.165, 1.54) is 5.56 Å². The lowest BCUT2D eigenvalue weighted by molar-refractivity contribution is 0.370. The van der Waals surface area contributed by atoms with E-state index < -0.39 is 0 Å². The van der Waals surface area contributed by atoms with Crippen LogP contribution in [0.3, 0.4) is 0 Å². The average Bonchev–Trinajstić information content (AvgIpc) is 2.95. The Hall–Kier alpha value is -2.99. The van der Waals surface area contributed by atoms with Crippen molar-refractivity contribution in [3.05, 3.63) is 71.6 Å². The summed E-state index contributed by atoms with van der Waals surface area (Å²) in [5.74, 6) is 8.10. The third-order valence-corrected chi connectivity index (χ3v) is 3.36. The number of hydrogen-bond acceptors (Lipinski definition) is 3. The number of benzene rings is 2. The minimum atomic E-state index is 0.316. The molecule has 0 unspecified atom stereocenters. The Morgan fingerprint density at radius 3 is 2.48 bits per heavy atom. The van der Waals surface area contributed by atoms with Gasteiger partial charge in [-0.05, 0) is 44.0 Å². The van der Waals surface area contributed by atoms with Gasteiger partial charge in [0, 0.05) is 5.56 Å². The number of hydrogen-bond donors (Lipinski definition) is 0. The second-order valence-corrected chi connectivity index (χ2v) is 5.19. The predicted octanol–water partition coefficient (Wildman–Crippen LogP) is 4.39. The van der Waals surface area contributed by atoms with Crippen molar-refractivity contribution in [3.63, 3.8) is 0 Å². The maximum Gasteiger partial charge on any atom is 0.227 e. The summed E-state index contributed by atoms with van der Waals surface area (Å²) in [5, 5.41) is 0. The van der Waals surface area contributed by atoms with Crippen molar-refractivity contribution in [1.29, 1.82) is 0 Å². The van der Waals surface area contributed by atoms with Crippen LogP contribution in [0.1, 0.15) is 17.0 Å². The summed E-state index contributed by atoms with van der Waals surface area (Å²) in [6.07, 6.45) is 0. The molecule has 0 radical (unpaired) electrons. The molecular weight excluding hydrogens is 286 g/mol. The highest BCUT2D eigenvalue weighted by molar-refractivity contribution is 5.54. The molecule has 0 aliphatic heterocycles. The molecule has 0 amide bonds. The molecule has 0 aliphatic carbocycles. The zero-order valence-corrected chi connectivity index (χ0v) is 13.2. The van der Waals surface area contributed by atoms with Gasteiger partial charge in [-0.15, -0.1) is 0 Å². The van der Waals surface area contributed by atoms with Gasteiger partial charge < -0.3 is 9.15 Å². The van der Waals surface area contributed by atoms with Gasteiger partial charge >= 0.3 is 0 Å². The van der Waals surface area contributed by atoms with E-state index in [2.05, 4.69) is 16.8 Å². The molecule has 0 bridgehead atoms. The van der Waals surface area contributed by atoms with Gasteiger partial charge in [0.05, 0.1) is 0 Å². The summed E-state index contributed by atoms with van der Waals surface area (Å²) in [6, 6.07) is 17.7. The number of nitrogens with zero attached hydrogens (tertiary/aromatic N) is 1. The highest BCUT2D eigenvalue weighted by Gasteiger charge is 2.08. The number of aromatic nitrogens is 1. The van der Waals surface area contributed by atoms with Crippen LogP contribution in [-0.4, -0.2) is 11.6 Å². The van der Waals surface area contributed by atoms with E-state index in [0.717, 1.165) is 11.3 Å². The van der Waals surface area contributed by atoms with Crippen LogP contribution in [-0.2, 0) is 0 Å². The van der Waals surface area contributed by atoms with Gasteiger partial charge in [0.1, 0.15) is 18.1 Å². The first-order valence-corrected chi connectivity index (χ1v) is 7.43. The minimum absolute atomic E-state index is 0.316. The zero-order chi connectivity index (χ0) is 16.1. The van der Waals surface area contributed by atoms with Gasteiger partial charge in [-0.3, -0.25) is 0 Å². The van der Waals surface area contributed by atoms with Crippen LogP contribution in [0.25, 0.3) is 11.5 Å². The monoisotopic (exact) mass is 303 g/mol. The fourth-order valence-corrected chi connectivity index (χ4v) is 2.09. The van der Waals surface area contributed by atoms with Crippen molar-refractivity contribution in [1.82, 2.24) is 4.98 Å². The van der Waals surface area contributed by atoms with Gasteiger partial charge in [-0.25, -0.2) is 4.98 Å². The van der Waals surface area contributed by atoms with Crippen molar-refractivity contribution >= 4 is 0 Å². The molecule has 1 heterocycles. The molecule has 1 aromatic heterocycles. The molecule has 3 heteroatoms. The Bertz CT molecular complexity index is 837. The van der Waals surface area contributed by atoms with E-state index >= 15 is 0 Å². The van der Waals surface area contributed by atoms with Crippen LogP contribution < -0.4 is 4.74 Å². The predicted molar refractivity (Wildman–Crippen MR) is 90.2 cm³/mol. The van der Waals surface area contributed by atoms with Crippen LogP contribution in [0, 0.1) is 25.7 Å². The maximum atomic E-state index is 5.67. The fraction of sp³-hybridized carbons (Fsp3) is 0.150. The van der Waals surface area contributed by atoms with Gasteiger partial charge in [-0.1, -0.05) is 41.8 Å². The maximum absolute atomic E-state index is 5.67. The smallest absolute Gasteiger partial charge is 0.227 e. The van der Waals surface area contributed by atoms with Crippen LogP contribution in [0.2, 0.25) is 0 Å². The summed E-state index contributed by atoms with van der Waals surface area (Å²) in [6.45, 7) is 4.22. The lowest BCUT2D eigenvalue weighted by atomic mass is 10.2. The van der Waals surface area contributed by atoms with Crippen LogP contribution in [0.15, 0.2) is 59.0 Å². The van der Waals surface area contributed by atoms with Crippen molar-refractivity contribution in [3.8, 4) is 29.0 Å². The fourth-order valence-electron chi connectivity index (χ4n) is 2.09. The molecule has 0 fully saturated rings. The topological polar surface area (TPSA) is 35.3 Å². The second kappa shape index (κ2) is 6.85. The molecule has 0 spiro atoms. The molecule has 2 aromatic carbocycles. The highest BCUT2D eigenvalue weighted by Crippen LogP contribution is 2.20. The molecule has 0 aliphatic rings. The Morgan fingerprint density at radius 2 is 1.74 bits per heavy atom. The second-order valence-electron chi connectivity index (χ2n) is 5.19. The third kappa shape index (κ3) is 3.81. The number of aryl methyl sites for hydroxylation is 2. The lowest BCUT2D eigenvalue weighted by Crippen LogP contribution is -1.94. The number of ether oxygens (including phenoxy) is 1. The SMILES string of the molecule is Cc1ccc(OCC#Cc2nc(-c3ccccc3)oc2C)cc1. The first-order valence-electron chi connectivity index (χ1n) is 7.43. The van der Waals surface area contributed by atoms with E-state index in [1.807, 2.05) is 68.4 Å². The summed E-state index contributed by atoms with van der Waals surface area (Å²) >= 11 is 0. The van der Waals surface area contributed by atoms with Crippen molar-refractivity contribution in [2.45, 2.75) is 13.8 Å². The Kier molecular flexibility index (Phi) is 4.44. The summed E-state index contributed by atoms with van der Waals surface area (Å²) < 4.78 is 11.3. The largest absolute Gasteiger partial charge is 0.481 e. The molecule has 0 atom stereocenters. The van der Waals surface area contributed by atoms with Gasteiger partial charge in [-0.2, -0.15) is 0 Å². The zero-order valence-electron chi connectivity index (χ0n) is 13.2. The van der Waals surface area contributed by atoms with Gasteiger partial charge in [0.15, 0.2) is 5.69 Å². The molecule has 114 valence electrons. The lowest BCUT2D eigenvalue weighted by Gasteiger charge is -2.01. The van der Waals surface area contributed by atoms with Crippen molar-refractivity contribution < 1.29 is 9.15 Å². The van der Waals surface area contributed by atoms with Gasteiger partial charge in [0.2, 0.25) is 5.89 Å². The third-order valence-electron chi connectivity index (χ3n) is 3.36. The normalized spacial score (nSPS) is 10.0. The minimum Gasteiger partial charge on any atom is -0.481 e. The summed E-state index contributed by atoms with van der Waals surface area (Å²) in [7, 11) is 0. The van der Waals surface area contributed by atoms with E-state index in [-0.39, 0.29) is 0 Å². The first-order chi connectivity index (χ1) is 11.2. The first kappa shape index (κ1) is 14.9. The molecule has 0 saturated heterocycles. The van der Waals surface area contributed by atoms with Crippen LogP contribution in [0.5, 0.6) is 5.75 Å². The van der Waals surface area contributed by atoms with E-state index in [9.17, 15) is 0 Å². The molecule has 3 rings (SSSR count). The number of oxazole rings is 1.